The minimum absolute atomic E-state index is 0.00299. The molecular weight excluding hydrogens is 358 g/mol. The van der Waals surface area contributed by atoms with Crippen molar-refractivity contribution in [3.8, 4) is 11.5 Å². The van der Waals surface area contributed by atoms with E-state index in [2.05, 4.69) is 0 Å². The Morgan fingerprint density at radius 3 is 2.29 bits per heavy atom. The summed E-state index contributed by atoms with van der Waals surface area (Å²) in [5.74, 6) is -1.62. The van der Waals surface area contributed by atoms with Crippen molar-refractivity contribution in [2.24, 2.45) is 0 Å². The molecule has 0 aliphatic carbocycles. The number of hydrogen-bond donors (Lipinski definition) is 2. The van der Waals surface area contributed by atoms with Crippen LogP contribution < -0.4 is 9.64 Å². The second-order valence-electron chi connectivity index (χ2n) is 6.10. The summed E-state index contributed by atoms with van der Waals surface area (Å²) in [5, 5.41) is 19.9. The van der Waals surface area contributed by atoms with Gasteiger partial charge in [-0.2, -0.15) is 0 Å². The average Bonchev–Trinajstić information content (AvgIpc) is 2.68. The zero-order valence-electron chi connectivity index (χ0n) is 16.3. The SMILES string of the molecule is CC=CCOc1ccc(C(=O)c2ccc(N(CC)CC)cc2O)c(C(=O)O)c1. The van der Waals surface area contributed by atoms with Crippen LogP contribution in [-0.4, -0.2) is 41.7 Å². The first-order valence-electron chi connectivity index (χ1n) is 9.16. The number of aromatic hydroxyl groups is 1. The Balaban J connectivity index is 2.38. The van der Waals surface area contributed by atoms with Crippen LogP contribution in [0.4, 0.5) is 5.69 Å². The van der Waals surface area contributed by atoms with Gasteiger partial charge in [0.2, 0.25) is 0 Å². The molecular formula is C22H25NO5. The van der Waals surface area contributed by atoms with Gasteiger partial charge in [0.15, 0.2) is 5.78 Å². The van der Waals surface area contributed by atoms with Crippen LogP contribution in [0.2, 0.25) is 0 Å². The van der Waals surface area contributed by atoms with Gasteiger partial charge in [0, 0.05) is 30.4 Å². The topological polar surface area (TPSA) is 87.1 Å². The number of phenolic OH excluding ortho intramolecular Hbond substituents is 1. The third-order valence-corrected chi connectivity index (χ3v) is 4.40. The Morgan fingerprint density at radius 1 is 1.04 bits per heavy atom. The normalized spacial score (nSPS) is 10.8. The Labute approximate surface area is 164 Å². The molecule has 28 heavy (non-hydrogen) atoms. The van der Waals surface area contributed by atoms with Gasteiger partial charge in [0.05, 0.1) is 11.1 Å². The maximum atomic E-state index is 12.9. The van der Waals surface area contributed by atoms with E-state index in [0.29, 0.717) is 12.4 Å². The second-order valence-corrected chi connectivity index (χ2v) is 6.10. The highest BCUT2D eigenvalue weighted by Crippen LogP contribution is 2.29. The van der Waals surface area contributed by atoms with E-state index in [4.69, 9.17) is 4.74 Å². The van der Waals surface area contributed by atoms with E-state index in [1.54, 1.807) is 18.2 Å². The molecule has 0 fully saturated rings. The highest BCUT2D eigenvalue weighted by atomic mass is 16.5. The van der Waals surface area contributed by atoms with E-state index in [1.165, 1.54) is 24.3 Å². The molecule has 2 aromatic carbocycles. The van der Waals surface area contributed by atoms with Gasteiger partial charge in [-0.05, 0) is 51.1 Å². The van der Waals surface area contributed by atoms with Crippen molar-refractivity contribution >= 4 is 17.4 Å². The predicted molar refractivity (Wildman–Crippen MR) is 109 cm³/mol. The van der Waals surface area contributed by atoms with Gasteiger partial charge >= 0.3 is 5.97 Å². The number of benzene rings is 2. The van der Waals surface area contributed by atoms with Gasteiger partial charge in [0.25, 0.3) is 0 Å². The summed E-state index contributed by atoms with van der Waals surface area (Å²) in [6, 6.07) is 9.07. The molecule has 0 unspecified atom stereocenters. The van der Waals surface area contributed by atoms with E-state index >= 15 is 0 Å². The quantitative estimate of drug-likeness (QED) is 0.500. The molecule has 0 radical (unpaired) electrons. The zero-order valence-corrected chi connectivity index (χ0v) is 16.3. The van der Waals surface area contributed by atoms with Gasteiger partial charge in [-0.1, -0.05) is 12.2 Å². The standard InChI is InChI=1S/C22H25NO5/c1-4-7-12-28-16-9-11-17(19(14-16)22(26)27)21(25)18-10-8-15(13-20(18)24)23(5-2)6-3/h4,7-11,13-14,24H,5-6,12H2,1-3H3,(H,26,27). The van der Waals surface area contributed by atoms with Gasteiger partial charge in [-0.15, -0.1) is 0 Å². The molecule has 2 aromatic rings. The fraction of sp³-hybridized carbons (Fsp3) is 0.273. The molecule has 6 heteroatoms. The molecule has 0 bridgehead atoms. The minimum atomic E-state index is -1.24. The number of allylic oxidation sites excluding steroid dienone is 1. The monoisotopic (exact) mass is 383 g/mol. The van der Waals surface area contributed by atoms with Crippen molar-refractivity contribution < 1.29 is 24.5 Å². The van der Waals surface area contributed by atoms with E-state index < -0.39 is 11.8 Å². The lowest BCUT2D eigenvalue weighted by atomic mass is 9.97. The molecule has 2 rings (SSSR count). The van der Waals surface area contributed by atoms with Crippen LogP contribution in [-0.2, 0) is 0 Å². The second kappa shape index (κ2) is 9.60. The summed E-state index contributed by atoms with van der Waals surface area (Å²) in [5.41, 5.74) is 0.679. The van der Waals surface area contributed by atoms with Gasteiger partial charge < -0.3 is 19.8 Å². The van der Waals surface area contributed by atoms with Gasteiger partial charge in [-0.25, -0.2) is 4.79 Å². The third-order valence-electron chi connectivity index (χ3n) is 4.40. The Hall–Kier alpha value is -3.28. The van der Waals surface area contributed by atoms with Crippen LogP contribution >= 0.6 is 0 Å². The van der Waals surface area contributed by atoms with E-state index in [9.17, 15) is 19.8 Å². The number of anilines is 1. The fourth-order valence-corrected chi connectivity index (χ4v) is 2.87. The lowest BCUT2D eigenvalue weighted by Crippen LogP contribution is -2.21. The van der Waals surface area contributed by atoms with Crippen LogP contribution in [0.1, 0.15) is 47.1 Å². The first-order chi connectivity index (χ1) is 13.4. The number of aromatic carboxylic acids is 1. The molecule has 0 saturated carbocycles. The number of carboxylic acid groups (broad SMARTS) is 1. The molecule has 0 saturated heterocycles. The summed E-state index contributed by atoms with van der Waals surface area (Å²) >= 11 is 0. The molecule has 0 heterocycles. The molecule has 6 nitrogen and oxygen atoms in total. The number of carbonyl (C=O) groups excluding carboxylic acids is 1. The Bertz CT molecular complexity index is 884. The molecule has 0 amide bonds. The van der Waals surface area contributed by atoms with Crippen LogP contribution in [0.25, 0.3) is 0 Å². The summed E-state index contributed by atoms with van der Waals surface area (Å²) in [4.78, 5) is 26.6. The number of carboxylic acids is 1. The largest absolute Gasteiger partial charge is 0.507 e. The van der Waals surface area contributed by atoms with Crippen molar-refractivity contribution in [2.75, 3.05) is 24.6 Å². The van der Waals surface area contributed by atoms with E-state index in [1.807, 2.05) is 31.7 Å². The van der Waals surface area contributed by atoms with Crippen LogP contribution in [0.3, 0.4) is 0 Å². The van der Waals surface area contributed by atoms with Crippen LogP contribution in [0.15, 0.2) is 48.6 Å². The first-order valence-corrected chi connectivity index (χ1v) is 9.16. The molecule has 0 aliphatic rings. The predicted octanol–water partition coefficient (Wildman–Crippen LogP) is 4.12. The number of nitrogens with zero attached hydrogens (tertiary/aromatic N) is 1. The van der Waals surface area contributed by atoms with Gasteiger partial charge in [-0.3, -0.25) is 4.79 Å². The Morgan fingerprint density at radius 2 is 1.71 bits per heavy atom. The maximum Gasteiger partial charge on any atom is 0.336 e. The summed E-state index contributed by atoms with van der Waals surface area (Å²) in [6.07, 6.45) is 3.61. The fourth-order valence-electron chi connectivity index (χ4n) is 2.87. The Kier molecular flexibility index (Phi) is 7.21. The molecule has 0 aliphatic heterocycles. The van der Waals surface area contributed by atoms with Crippen molar-refractivity contribution in [1.29, 1.82) is 0 Å². The number of ether oxygens (including phenoxy) is 1. The van der Waals surface area contributed by atoms with Crippen LogP contribution in [0, 0.1) is 0 Å². The van der Waals surface area contributed by atoms with E-state index in [-0.39, 0.29) is 22.4 Å². The lowest BCUT2D eigenvalue weighted by Gasteiger charge is -2.21. The number of carbonyl (C=O) groups is 2. The van der Waals surface area contributed by atoms with Crippen LogP contribution in [0.5, 0.6) is 11.5 Å². The summed E-state index contributed by atoms with van der Waals surface area (Å²) in [7, 11) is 0. The summed E-state index contributed by atoms with van der Waals surface area (Å²) < 4.78 is 5.45. The number of hydrogen-bond acceptors (Lipinski definition) is 5. The molecule has 0 spiro atoms. The van der Waals surface area contributed by atoms with Crippen molar-refractivity contribution in [3.63, 3.8) is 0 Å². The highest BCUT2D eigenvalue weighted by Gasteiger charge is 2.22. The minimum Gasteiger partial charge on any atom is -0.507 e. The third kappa shape index (κ3) is 4.71. The van der Waals surface area contributed by atoms with Crippen molar-refractivity contribution in [2.45, 2.75) is 20.8 Å². The first kappa shape index (κ1) is 21.0. The lowest BCUT2D eigenvalue weighted by molar-refractivity contribution is 0.0692. The van der Waals surface area contributed by atoms with Gasteiger partial charge in [0.1, 0.15) is 18.1 Å². The number of ketones is 1. The highest BCUT2D eigenvalue weighted by molar-refractivity contribution is 6.15. The van der Waals surface area contributed by atoms with Crippen molar-refractivity contribution in [3.05, 3.63) is 65.2 Å². The van der Waals surface area contributed by atoms with Crippen molar-refractivity contribution in [1.82, 2.24) is 0 Å². The number of phenols is 1. The molecule has 0 atom stereocenters. The molecule has 0 aromatic heterocycles. The number of rotatable bonds is 9. The zero-order chi connectivity index (χ0) is 20.7. The summed E-state index contributed by atoms with van der Waals surface area (Å²) in [6.45, 7) is 7.68. The molecule has 2 N–H and O–H groups in total. The average molecular weight is 383 g/mol. The maximum absolute atomic E-state index is 12.9. The van der Waals surface area contributed by atoms with E-state index in [0.717, 1.165) is 18.8 Å². The molecule has 148 valence electrons. The smallest absolute Gasteiger partial charge is 0.336 e.